The molecule has 2 N–H and O–H groups in total. The predicted molar refractivity (Wildman–Crippen MR) is 120 cm³/mol. The molecule has 1 amide bonds. The van der Waals surface area contributed by atoms with E-state index < -0.39 is 0 Å². The molecule has 2 aromatic heterocycles. The van der Waals surface area contributed by atoms with Gasteiger partial charge in [0, 0.05) is 49.0 Å². The van der Waals surface area contributed by atoms with Gasteiger partial charge in [0.25, 0.3) is 0 Å². The number of rotatable bonds is 8. The number of aromatic amines is 1. The average Bonchev–Trinajstić information content (AvgIpc) is 3.41. The molecule has 7 nitrogen and oxygen atoms in total. The molecular formula is C23H30N6O. The summed E-state index contributed by atoms with van der Waals surface area (Å²) in [7, 11) is 2.02. The Hall–Kier alpha value is -2.93. The highest BCUT2D eigenvalue weighted by Crippen LogP contribution is 2.24. The zero-order chi connectivity index (χ0) is 20.9. The zero-order valence-electron chi connectivity index (χ0n) is 17.7. The molecule has 3 aromatic rings. The summed E-state index contributed by atoms with van der Waals surface area (Å²) in [5, 5.41) is 12.6. The summed E-state index contributed by atoms with van der Waals surface area (Å²) in [6, 6.07) is 12.4. The maximum Gasteiger partial charge on any atom is 0.237 e. The summed E-state index contributed by atoms with van der Waals surface area (Å²) >= 11 is 0. The zero-order valence-corrected chi connectivity index (χ0v) is 17.7. The van der Waals surface area contributed by atoms with E-state index in [4.69, 9.17) is 0 Å². The fourth-order valence-electron chi connectivity index (χ4n) is 4.27. The van der Waals surface area contributed by atoms with E-state index in [0.717, 1.165) is 43.7 Å². The third kappa shape index (κ3) is 4.46. The Kier molecular flexibility index (Phi) is 6.28. The second kappa shape index (κ2) is 9.26. The van der Waals surface area contributed by atoms with Crippen LogP contribution in [0.5, 0.6) is 0 Å². The van der Waals surface area contributed by atoms with Crippen molar-refractivity contribution in [2.45, 2.75) is 38.3 Å². The molecule has 2 atom stereocenters. The van der Waals surface area contributed by atoms with Crippen LogP contribution in [0.1, 0.15) is 25.3 Å². The summed E-state index contributed by atoms with van der Waals surface area (Å²) < 4.78 is 0. The van der Waals surface area contributed by atoms with Crippen LogP contribution in [-0.4, -0.2) is 64.8 Å². The summed E-state index contributed by atoms with van der Waals surface area (Å²) in [6.45, 7) is 4.42. The highest BCUT2D eigenvalue weighted by Gasteiger charge is 2.29. The van der Waals surface area contributed by atoms with Crippen LogP contribution in [0.25, 0.3) is 10.9 Å². The number of likely N-dealkylation sites (N-methyl/N-ethyl adjacent to an activating group) is 1. The SMILES string of the molecule is CC(C(=O)NCCc1c[nH]c2ccccc12)N(C)CC1CCCN1c1cccnn1. The van der Waals surface area contributed by atoms with Crippen molar-refractivity contribution in [3.05, 3.63) is 54.4 Å². The molecular weight excluding hydrogens is 376 g/mol. The molecule has 1 saturated heterocycles. The average molecular weight is 407 g/mol. The number of aromatic nitrogens is 3. The summed E-state index contributed by atoms with van der Waals surface area (Å²) in [6.07, 6.45) is 6.79. The summed E-state index contributed by atoms with van der Waals surface area (Å²) in [4.78, 5) is 20.4. The number of anilines is 1. The standard InChI is InChI=1S/C23H30N6O/c1-17(23(30)24-13-11-18-15-25-21-9-4-3-8-20(18)21)28(2)16-19-7-6-14-29(19)22-10-5-12-26-27-22/h3-5,8-10,12,15,17,19,25H,6-7,11,13-14,16H2,1-2H3,(H,24,30). The second-order valence-corrected chi connectivity index (χ2v) is 8.09. The first-order chi connectivity index (χ1) is 14.6. The van der Waals surface area contributed by atoms with Crippen molar-refractivity contribution >= 4 is 22.6 Å². The fraction of sp³-hybridized carbons (Fsp3) is 0.435. The Bertz CT molecular complexity index is 972. The number of carbonyl (C=O) groups excluding carboxylic acids is 1. The van der Waals surface area contributed by atoms with Crippen LogP contribution in [0, 0.1) is 0 Å². The van der Waals surface area contributed by atoms with Gasteiger partial charge in [-0.15, -0.1) is 5.10 Å². The van der Waals surface area contributed by atoms with Gasteiger partial charge in [0.05, 0.1) is 6.04 Å². The number of amides is 1. The van der Waals surface area contributed by atoms with Crippen LogP contribution >= 0.6 is 0 Å². The summed E-state index contributed by atoms with van der Waals surface area (Å²) in [5.74, 6) is 0.991. The van der Waals surface area contributed by atoms with E-state index in [1.807, 2.05) is 44.4 Å². The molecule has 0 radical (unpaired) electrons. The van der Waals surface area contributed by atoms with Gasteiger partial charge in [-0.1, -0.05) is 18.2 Å². The van der Waals surface area contributed by atoms with Gasteiger partial charge in [-0.05, 0) is 57.0 Å². The molecule has 0 aliphatic carbocycles. The number of para-hydroxylation sites is 1. The minimum atomic E-state index is -0.183. The van der Waals surface area contributed by atoms with Crippen molar-refractivity contribution in [1.82, 2.24) is 25.4 Å². The van der Waals surface area contributed by atoms with Gasteiger partial charge in [0.2, 0.25) is 5.91 Å². The Morgan fingerprint density at radius 3 is 3.03 bits per heavy atom. The van der Waals surface area contributed by atoms with Crippen molar-refractivity contribution in [2.24, 2.45) is 0 Å². The maximum atomic E-state index is 12.7. The van der Waals surface area contributed by atoms with Gasteiger partial charge in [-0.2, -0.15) is 5.10 Å². The molecule has 158 valence electrons. The molecule has 1 aliphatic heterocycles. The van der Waals surface area contributed by atoms with Crippen LogP contribution < -0.4 is 10.2 Å². The molecule has 1 aliphatic rings. The second-order valence-electron chi connectivity index (χ2n) is 8.09. The lowest BCUT2D eigenvalue weighted by molar-refractivity contribution is -0.125. The molecule has 0 bridgehead atoms. The van der Waals surface area contributed by atoms with E-state index in [1.165, 1.54) is 10.9 Å². The number of hydrogen-bond acceptors (Lipinski definition) is 5. The first-order valence-electron chi connectivity index (χ1n) is 10.7. The van der Waals surface area contributed by atoms with Crippen molar-refractivity contribution in [3.8, 4) is 0 Å². The number of carbonyl (C=O) groups is 1. The lowest BCUT2D eigenvalue weighted by atomic mass is 10.1. The molecule has 1 aromatic carbocycles. The van der Waals surface area contributed by atoms with E-state index in [1.54, 1.807) is 6.20 Å². The minimum Gasteiger partial charge on any atom is -0.361 e. The number of benzene rings is 1. The first-order valence-corrected chi connectivity index (χ1v) is 10.7. The number of fused-ring (bicyclic) bond motifs is 1. The van der Waals surface area contributed by atoms with Crippen molar-refractivity contribution < 1.29 is 4.79 Å². The Morgan fingerprint density at radius 2 is 2.20 bits per heavy atom. The Balaban J connectivity index is 1.28. The first kappa shape index (κ1) is 20.3. The third-order valence-corrected chi connectivity index (χ3v) is 6.14. The topological polar surface area (TPSA) is 77.2 Å². The lowest BCUT2D eigenvalue weighted by Crippen LogP contribution is -2.48. The van der Waals surface area contributed by atoms with Gasteiger partial charge < -0.3 is 15.2 Å². The van der Waals surface area contributed by atoms with Crippen LogP contribution in [-0.2, 0) is 11.2 Å². The lowest BCUT2D eigenvalue weighted by Gasteiger charge is -2.31. The number of hydrogen-bond donors (Lipinski definition) is 2. The predicted octanol–water partition coefficient (Wildman–Crippen LogP) is 2.61. The monoisotopic (exact) mass is 406 g/mol. The van der Waals surface area contributed by atoms with E-state index in [0.29, 0.717) is 12.6 Å². The quantitative estimate of drug-likeness (QED) is 0.601. The van der Waals surface area contributed by atoms with E-state index in [9.17, 15) is 4.79 Å². The van der Waals surface area contributed by atoms with E-state index >= 15 is 0 Å². The number of nitrogens with zero attached hydrogens (tertiary/aromatic N) is 4. The number of nitrogens with one attached hydrogen (secondary N) is 2. The van der Waals surface area contributed by atoms with Gasteiger partial charge in [0.15, 0.2) is 5.82 Å². The molecule has 3 heterocycles. The maximum absolute atomic E-state index is 12.7. The van der Waals surface area contributed by atoms with Gasteiger partial charge in [-0.3, -0.25) is 9.69 Å². The molecule has 1 fully saturated rings. The largest absolute Gasteiger partial charge is 0.361 e. The minimum absolute atomic E-state index is 0.0707. The van der Waals surface area contributed by atoms with Crippen LogP contribution in [0.2, 0.25) is 0 Å². The van der Waals surface area contributed by atoms with Crippen molar-refractivity contribution in [3.63, 3.8) is 0 Å². The molecule has 0 saturated carbocycles. The highest BCUT2D eigenvalue weighted by molar-refractivity contribution is 5.83. The summed E-state index contributed by atoms with van der Waals surface area (Å²) in [5.41, 5.74) is 2.37. The number of H-pyrrole nitrogens is 1. The van der Waals surface area contributed by atoms with E-state index in [2.05, 4.69) is 42.4 Å². The van der Waals surface area contributed by atoms with E-state index in [-0.39, 0.29) is 11.9 Å². The van der Waals surface area contributed by atoms with Crippen LogP contribution in [0.15, 0.2) is 48.8 Å². The molecule has 7 heteroatoms. The highest BCUT2D eigenvalue weighted by atomic mass is 16.2. The van der Waals surface area contributed by atoms with Gasteiger partial charge in [0.1, 0.15) is 0 Å². The molecule has 0 spiro atoms. The van der Waals surface area contributed by atoms with Gasteiger partial charge >= 0.3 is 0 Å². The van der Waals surface area contributed by atoms with Crippen molar-refractivity contribution in [2.75, 3.05) is 31.6 Å². The molecule has 2 unspecified atom stereocenters. The van der Waals surface area contributed by atoms with Crippen molar-refractivity contribution in [1.29, 1.82) is 0 Å². The Morgan fingerprint density at radius 1 is 1.33 bits per heavy atom. The normalized spacial score (nSPS) is 17.6. The molecule has 4 rings (SSSR count). The molecule has 30 heavy (non-hydrogen) atoms. The third-order valence-electron chi connectivity index (χ3n) is 6.14. The van der Waals surface area contributed by atoms with Crippen LogP contribution in [0.4, 0.5) is 5.82 Å². The van der Waals surface area contributed by atoms with Crippen LogP contribution in [0.3, 0.4) is 0 Å². The smallest absolute Gasteiger partial charge is 0.237 e. The fourth-order valence-corrected chi connectivity index (χ4v) is 4.27. The Labute approximate surface area is 177 Å². The van der Waals surface area contributed by atoms with Gasteiger partial charge in [-0.25, -0.2) is 0 Å².